The molecular formula is C18H28O5. The van der Waals surface area contributed by atoms with Crippen LogP contribution >= 0.6 is 0 Å². The van der Waals surface area contributed by atoms with Crippen LogP contribution in [0.4, 0.5) is 0 Å². The zero-order valence-corrected chi connectivity index (χ0v) is 14.4. The molecule has 0 aliphatic rings. The molecule has 0 amide bonds. The Bertz CT molecular complexity index is 510. The van der Waals surface area contributed by atoms with Crippen molar-refractivity contribution in [3.8, 4) is 0 Å². The number of benzene rings is 1. The van der Waals surface area contributed by atoms with Crippen molar-refractivity contribution in [1.82, 2.24) is 0 Å². The maximum absolute atomic E-state index is 10.9. The Kier molecular flexibility index (Phi) is 9.56. The Labute approximate surface area is 138 Å². The van der Waals surface area contributed by atoms with Gasteiger partial charge < -0.3 is 15.3 Å². The maximum Gasteiger partial charge on any atom is 0.150 e. The molecule has 1 rings (SSSR count). The lowest BCUT2D eigenvalue weighted by molar-refractivity contribution is 0.0200. The molecule has 0 bridgehead atoms. The molecule has 0 fully saturated rings. The lowest BCUT2D eigenvalue weighted by Gasteiger charge is -2.20. The van der Waals surface area contributed by atoms with Gasteiger partial charge in [-0.25, -0.2) is 0 Å². The van der Waals surface area contributed by atoms with E-state index in [0.29, 0.717) is 11.1 Å². The van der Waals surface area contributed by atoms with Crippen molar-refractivity contribution in [1.29, 1.82) is 0 Å². The number of hydrogen-bond donors (Lipinski definition) is 3. The van der Waals surface area contributed by atoms with Crippen LogP contribution in [0.2, 0.25) is 0 Å². The van der Waals surface area contributed by atoms with Crippen LogP contribution in [0.3, 0.4) is 0 Å². The zero-order chi connectivity index (χ0) is 18.0. The summed E-state index contributed by atoms with van der Waals surface area (Å²) in [4.78, 5) is 21.8. The highest BCUT2D eigenvalue weighted by atomic mass is 16.3. The number of carbonyl (C=O) groups excluding carboxylic acids is 2. The summed E-state index contributed by atoms with van der Waals surface area (Å²) < 4.78 is 0. The average Bonchev–Trinajstić information content (AvgIpc) is 2.60. The van der Waals surface area contributed by atoms with E-state index in [4.69, 9.17) is 15.3 Å². The monoisotopic (exact) mass is 324 g/mol. The average molecular weight is 324 g/mol. The summed E-state index contributed by atoms with van der Waals surface area (Å²) >= 11 is 0. The second kappa shape index (κ2) is 10.3. The molecule has 0 atom stereocenters. The molecule has 0 saturated heterocycles. The van der Waals surface area contributed by atoms with E-state index in [9.17, 15) is 9.59 Å². The minimum Gasteiger partial charge on any atom is -0.396 e. The molecule has 0 saturated carbocycles. The van der Waals surface area contributed by atoms with Gasteiger partial charge in [0.05, 0.1) is 19.8 Å². The first kappa shape index (κ1) is 21.4. The van der Waals surface area contributed by atoms with E-state index in [1.54, 1.807) is 13.0 Å². The van der Waals surface area contributed by atoms with Crippen LogP contribution in [-0.4, -0.2) is 47.7 Å². The first-order chi connectivity index (χ1) is 10.9. The van der Waals surface area contributed by atoms with E-state index in [-0.39, 0.29) is 19.8 Å². The summed E-state index contributed by atoms with van der Waals surface area (Å²) in [6.07, 6.45) is 3.35. The minimum absolute atomic E-state index is 0.181. The molecule has 5 heteroatoms. The second-order valence-electron chi connectivity index (χ2n) is 5.86. The van der Waals surface area contributed by atoms with Crippen LogP contribution < -0.4 is 0 Å². The van der Waals surface area contributed by atoms with E-state index in [1.807, 2.05) is 20.8 Å². The standard InChI is InChI=1S/C13H16O2.C5H12O3/c1-4-12-9(3)10(7-14)6-11(8-15)13(12)5-2;1-5(2-6,3-7)4-8/h6-8H,4-5H2,1-3H3;6-8H,2-4H2,1H3. The summed E-state index contributed by atoms with van der Waals surface area (Å²) in [5, 5.41) is 25.4. The third-order valence-electron chi connectivity index (χ3n) is 4.02. The van der Waals surface area contributed by atoms with Gasteiger partial charge in [-0.05, 0) is 42.5 Å². The summed E-state index contributed by atoms with van der Waals surface area (Å²) in [7, 11) is 0. The van der Waals surface area contributed by atoms with E-state index < -0.39 is 5.41 Å². The summed E-state index contributed by atoms with van der Waals surface area (Å²) in [6.45, 7) is 7.08. The van der Waals surface area contributed by atoms with Gasteiger partial charge in [0.2, 0.25) is 0 Å². The molecule has 0 spiro atoms. The molecule has 0 unspecified atom stereocenters. The largest absolute Gasteiger partial charge is 0.396 e. The first-order valence-electron chi connectivity index (χ1n) is 7.76. The molecule has 1 aromatic rings. The Balaban J connectivity index is 0.000000515. The van der Waals surface area contributed by atoms with E-state index >= 15 is 0 Å². The highest BCUT2D eigenvalue weighted by Gasteiger charge is 2.20. The fourth-order valence-corrected chi connectivity index (χ4v) is 2.21. The van der Waals surface area contributed by atoms with Gasteiger partial charge in [-0.3, -0.25) is 9.59 Å². The second-order valence-corrected chi connectivity index (χ2v) is 5.86. The Morgan fingerprint density at radius 3 is 1.61 bits per heavy atom. The van der Waals surface area contributed by atoms with Gasteiger partial charge in [0.25, 0.3) is 0 Å². The number of rotatable bonds is 7. The third-order valence-corrected chi connectivity index (χ3v) is 4.02. The lowest BCUT2D eigenvalue weighted by Crippen LogP contribution is -2.29. The van der Waals surface area contributed by atoms with Crippen LogP contribution in [0.25, 0.3) is 0 Å². The molecule has 0 heterocycles. The molecule has 5 nitrogen and oxygen atoms in total. The normalized spacial score (nSPS) is 10.7. The molecule has 0 radical (unpaired) electrons. The van der Waals surface area contributed by atoms with Gasteiger partial charge in [-0.1, -0.05) is 20.8 Å². The van der Waals surface area contributed by atoms with E-state index in [0.717, 1.165) is 42.1 Å². The Morgan fingerprint density at radius 1 is 0.913 bits per heavy atom. The fraction of sp³-hybridized carbons (Fsp3) is 0.556. The smallest absolute Gasteiger partial charge is 0.150 e. The number of aldehydes is 2. The van der Waals surface area contributed by atoms with E-state index in [2.05, 4.69) is 0 Å². The van der Waals surface area contributed by atoms with Gasteiger partial charge in [0.1, 0.15) is 12.6 Å². The van der Waals surface area contributed by atoms with Gasteiger partial charge in [0, 0.05) is 16.5 Å². The van der Waals surface area contributed by atoms with E-state index in [1.165, 1.54) is 0 Å². The van der Waals surface area contributed by atoms with Crippen LogP contribution in [0.15, 0.2) is 6.07 Å². The van der Waals surface area contributed by atoms with Crippen molar-refractivity contribution in [2.24, 2.45) is 5.41 Å². The number of aliphatic hydroxyl groups is 3. The Hall–Kier alpha value is -1.56. The topological polar surface area (TPSA) is 94.8 Å². The van der Waals surface area contributed by atoms with Crippen LogP contribution in [0, 0.1) is 12.3 Å². The SMILES string of the molecule is CC(CO)(CO)CO.CCc1c(C=O)cc(C=O)c(C)c1CC. The minimum atomic E-state index is -0.708. The molecular weight excluding hydrogens is 296 g/mol. The van der Waals surface area contributed by atoms with Crippen LogP contribution in [0.1, 0.15) is 58.2 Å². The summed E-state index contributed by atoms with van der Waals surface area (Å²) in [5.74, 6) is 0. The molecule has 0 aliphatic carbocycles. The fourth-order valence-electron chi connectivity index (χ4n) is 2.21. The lowest BCUT2D eigenvalue weighted by atomic mass is 9.90. The maximum atomic E-state index is 10.9. The van der Waals surface area contributed by atoms with Crippen molar-refractivity contribution < 1.29 is 24.9 Å². The third kappa shape index (κ3) is 5.53. The predicted octanol–water partition coefficient (Wildman–Crippen LogP) is 1.71. The number of hydrogen-bond acceptors (Lipinski definition) is 5. The summed E-state index contributed by atoms with van der Waals surface area (Å²) in [5.41, 5.74) is 3.81. The number of carbonyl (C=O) groups is 2. The van der Waals surface area contributed by atoms with Gasteiger partial charge in [-0.2, -0.15) is 0 Å². The molecule has 0 aliphatic heterocycles. The van der Waals surface area contributed by atoms with Crippen molar-refractivity contribution in [3.05, 3.63) is 33.9 Å². The van der Waals surface area contributed by atoms with Crippen molar-refractivity contribution in [2.45, 2.75) is 40.5 Å². The van der Waals surface area contributed by atoms with Gasteiger partial charge in [-0.15, -0.1) is 0 Å². The highest BCUT2D eigenvalue weighted by molar-refractivity contribution is 5.86. The predicted molar refractivity (Wildman–Crippen MR) is 90.1 cm³/mol. The van der Waals surface area contributed by atoms with Crippen molar-refractivity contribution >= 4 is 12.6 Å². The van der Waals surface area contributed by atoms with Crippen LogP contribution in [0.5, 0.6) is 0 Å². The van der Waals surface area contributed by atoms with Crippen molar-refractivity contribution in [2.75, 3.05) is 19.8 Å². The molecule has 1 aromatic carbocycles. The number of aliphatic hydroxyl groups excluding tert-OH is 3. The molecule has 3 N–H and O–H groups in total. The quantitative estimate of drug-likeness (QED) is 0.664. The highest BCUT2D eigenvalue weighted by Crippen LogP contribution is 2.22. The van der Waals surface area contributed by atoms with Gasteiger partial charge in [0.15, 0.2) is 0 Å². The van der Waals surface area contributed by atoms with Gasteiger partial charge >= 0.3 is 0 Å². The first-order valence-corrected chi connectivity index (χ1v) is 7.76. The zero-order valence-electron chi connectivity index (χ0n) is 14.4. The van der Waals surface area contributed by atoms with Crippen LogP contribution in [-0.2, 0) is 12.8 Å². The summed E-state index contributed by atoms with van der Waals surface area (Å²) in [6, 6.07) is 1.69. The molecule has 23 heavy (non-hydrogen) atoms. The molecule has 0 aromatic heterocycles. The Morgan fingerprint density at radius 2 is 1.35 bits per heavy atom. The van der Waals surface area contributed by atoms with Crippen molar-refractivity contribution in [3.63, 3.8) is 0 Å². The molecule has 130 valence electrons.